The first-order chi connectivity index (χ1) is 13.5. The third kappa shape index (κ3) is 5.51. The maximum Gasteiger partial charge on any atom is 0.324 e. The summed E-state index contributed by atoms with van der Waals surface area (Å²) in [6.07, 6.45) is 0. The molecular weight excluding hydrogens is 428 g/mol. The van der Waals surface area contributed by atoms with Gasteiger partial charge in [0.05, 0.1) is 4.90 Å². The van der Waals surface area contributed by atoms with Crippen LogP contribution in [0.4, 0.5) is 8.78 Å². The topological polar surface area (TPSA) is 80.8 Å². The lowest BCUT2D eigenvalue weighted by molar-refractivity contribution is -0.151. The van der Waals surface area contributed by atoms with Gasteiger partial charge in [-0.05, 0) is 43.3 Å². The van der Waals surface area contributed by atoms with Gasteiger partial charge in [0.15, 0.2) is 21.7 Å². The first-order valence-corrected chi connectivity index (χ1v) is 10.3. The van der Waals surface area contributed by atoms with Crippen LogP contribution in [0.3, 0.4) is 0 Å². The number of carbonyl (C=O) groups excluding carboxylic acids is 2. The third-order valence-electron chi connectivity index (χ3n) is 4.16. The molecule has 10 heteroatoms. The van der Waals surface area contributed by atoms with Crippen molar-refractivity contribution in [3.8, 4) is 0 Å². The van der Waals surface area contributed by atoms with E-state index < -0.39 is 45.2 Å². The van der Waals surface area contributed by atoms with Crippen molar-refractivity contribution in [1.29, 1.82) is 0 Å². The quantitative estimate of drug-likeness (QED) is 0.483. The summed E-state index contributed by atoms with van der Waals surface area (Å²) in [5, 5.41) is -1.47. The van der Waals surface area contributed by atoms with E-state index in [-0.39, 0.29) is 22.0 Å². The molecule has 0 bridgehead atoms. The van der Waals surface area contributed by atoms with Crippen LogP contribution in [0.1, 0.15) is 12.5 Å². The fourth-order valence-corrected chi connectivity index (χ4v) is 3.79. The van der Waals surface area contributed by atoms with Crippen molar-refractivity contribution in [2.24, 2.45) is 0 Å². The van der Waals surface area contributed by atoms with E-state index in [1.165, 1.54) is 25.2 Å². The normalized spacial score (nSPS) is 12.3. The molecular formula is C19H18ClF2NO5S. The number of hydrogen-bond donors (Lipinski definition) is 0. The number of nitrogens with zero attached hydrogens (tertiary/aromatic N) is 1. The van der Waals surface area contributed by atoms with E-state index in [1.54, 1.807) is 0 Å². The van der Waals surface area contributed by atoms with E-state index in [1.807, 2.05) is 0 Å². The summed E-state index contributed by atoms with van der Waals surface area (Å²) >= 11 is 5.91. The van der Waals surface area contributed by atoms with Gasteiger partial charge in [-0.2, -0.15) is 0 Å². The summed E-state index contributed by atoms with van der Waals surface area (Å²) in [7, 11) is -2.76. The van der Waals surface area contributed by atoms with Crippen molar-refractivity contribution in [3.05, 3.63) is 64.7 Å². The van der Waals surface area contributed by atoms with Crippen molar-refractivity contribution in [1.82, 2.24) is 4.90 Å². The van der Waals surface area contributed by atoms with Gasteiger partial charge in [-0.15, -0.1) is 0 Å². The van der Waals surface area contributed by atoms with Crippen LogP contribution in [-0.4, -0.2) is 44.1 Å². The van der Waals surface area contributed by atoms with E-state index in [9.17, 15) is 26.8 Å². The molecule has 0 saturated carbocycles. The second-order valence-corrected chi connectivity index (χ2v) is 8.87. The molecule has 0 aromatic heterocycles. The highest BCUT2D eigenvalue weighted by molar-refractivity contribution is 7.92. The van der Waals surface area contributed by atoms with Crippen molar-refractivity contribution < 1.29 is 31.5 Å². The van der Waals surface area contributed by atoms with Gasteiger partial charge in [0, 0.05) is 24.2 Å². The van der Waals surface area contributed by atoms with Gasteiger partial charge in [0.1, 0.15) is 11.6 Å². The molecule has 156 valence electrons. The Morgan fingerprint density at radius 2 is 1.76 bits per heavy atom. The van der Waals surface area contributed by atoms with E-state index >= 15 is 0 Å². The molecule has 0 heterocycles. The summed E-state index contributed by atoms with van der Waals surface area (Å²) in [5.41, 5.74) is 0.101. The Balaban J connectivity index is 1.98. The second-order valence-electron chi connectivity index (χ2n) is 6.20. The smallest absolute Gasteiger partial charge is 0.324 e. The predicted octanol–water partition coefficient (Wildman–Crippen LogP) is 2.98. The van der Waals surface area contributed by atoms with Crippen LogP contribution in [0, 0.1) is 11.6 Å². The molecule has 1 atom stereocenters. The van der Waals surface area contributed by atoms with Crippen LogP contribution in [0.15, 0.2) is 47.4 Å². The SMILES string of the molecule is CC(C(=O)OCC(=O)N(C)Cc1c(F)cccc1Cl)S(=O)(=O)c1ccc(F)cc1. The number of likely N-dealkylation sites (N-methyl/N-ethyl adjacent to an activating group) is 1. The number of carbonyl (C=O) groups is 2. The van der Waals surface area contributed by atoms with Crippen molar-refractivity contribution in [2.75, 3.05) is 13.7 Å². The summed E-state index contributed by atoms with van der Waals surface area (Å²) in [4.78, 5) is 25.1. The number of esters is 1. The standard InChI is InChI=1S/C19H18ClF2NO5S/c1-12(29(26,27)14-8-6-13(21)7-9-14)19(25)28-11-18(24)23(2)10-15-16(20)4-3-5-17(15)22/h3-9,12H,10-11H2,1-2H3. The van der Waals surface area contributed by atoms with Gasteiger partial charge in [0.2, 0.25) is 0 Å². The van der Waals surface area contributed by atoms with Crippen molar-refractivity contribution in [3.63, 3.8) is 0 Å². The molecule has 0 saturated heterocycles. The lowest BCUT2D eigenvalue weighted by atomic mass is 10.2. The molecule has 2 rings (SSSR count). The van der Waals surface area contributed by atoms with Gasteiger partial charge < -0.3 is 9.64 Å². The summed E-state index contributed by atoms with van der Waals surface area (Å²) < 4.78 is 56.4. The lowest BCUT2D eigenvalue weighted by Crippen LogP contribution is -2.35. The van der Waals surface area contributed by atoms with Gasteiger partial charge in [-0.3, -0.25) is 9.59 Å². The highest BCUT2D eigenvalue weighted by atomic mass is 35.5. The highest BCUT2D eigenvalue weighted by Crippen LogP contribution is 2.21. The summed E-state index contributed by atoms with van der Waals surface area (Å²) in [6.45, 7) is 0.213. The number of amides is 1. The molecule has 2 aromatic rings. The molecule has 0 aliphatic heterocycles. The van der Waals surface area contributed by atoms with Crippen LogP contribution in [0.2, 0.25) is 5.02 Å². The third-order valence-corrected chi connectivity index (χ3v) is 6.57. The van der Waals surface area contributed by atoms with E-state index in [0.717, 1.165) is 36.1 Å². The zero-order valence-corrected chi connectivity index (χ0v) is 17.1. The van der Waals surface area contributed by atoms with Crippen molar-refractivity contribution >= 4 is 33.3 Å². The van der Waals surface area contributed by atoms with Gasteiger partial charge in [-0.25, -0.2) is 17.2 Å². The number of hydrogen-bond acceptors (Lipinski definition) is 5. The van der Waals surface area contributed by atoms with Crippen LogP contribution in [0.5, 0.6) is 0 Å². The fraction of sp³-hybridized carbons (Fsp3) is 0.263. The molecule has 0 aliphatic rings. The fourth-order valence-electron chi connectivity index (χ4n) is 2.32. The Morgan fingerprint density at radius 1 is 1.14 bits per heavy atom. The van der Waals surface area contributed by atoms with E-state index in [2.05, 4.69) is 0 Å². The molecule has 0 aliphatic carbocycles. The Labute approximate surface area is 171 Å². The first-order valence-electron chi connectivity index (χ1n) is 8.37. The number of benzene rings is 2. The van der Waals surface area contributed by atoms with E-state index in [0.29, 0.717) is 0 Å². The van der Waals surface area contributed by atoms with E-state index in [4.69, 9.17) is 16.3 Å². The van der Waals surface area contributed by atoms with Gasteiger partial charge >= 0.3 is 5.97 Å². The average molecular weight is 446 g/mol. The molecule has 1 unspecified atom stereocenters. The minimum atomic E-state index is -4.12. The average Bonchev–Trinajstić information content (AvgIpc) is 2.68. The van der Waals surface area contributed by atoms with Gasteiger partial charge in [0.25, 0.3) is 5.91 Å². The highest BCUT2D eigenvalue weighted by Gasteiger charge is 2.31. The first kappa shape index (κ1) is 22.8. The largest absolute Gasteiger partial charge is 0.455 e. The van der Waals surface area contributed by atoms with Crippen LogP contribution in [-0.2, 0) is 30.7 Å². The molecule has 1 amide bonds. The molecule has 0 fully saturated rings. The Bertz CT molecular complexity index is 992. The minimum Gasteiger partial charge on any atom is -0.455 e. The Kier molecular flexibility index (Phi) is 7.32. The summed E-state index contributed by atoms with van der Waals surface area (Å²) in [6, 6.07) is 8.07. The number of rotatable bonds is 7. The molecule has 0 N–H and O–H groups in total. The number of halogens is 3. The second kappa shape index (κ2) is 9.32. The summed E-state index contributed by atoms with van der Waals surface area (Å²) in [5.74, 6) is -3.03. The monoisotopic (exact) mass is 445 g/mol. The number of ether oxygens (including phenoxy) is 1. The molecule has 0 radical (unpaired) electrons. The van der Waals surface area contributed by atoms with Crippen molar-refractivity contribution in [2.45, 2.75) is 23.6 Å². The zero-order chi connectivity index (χ0) is 21.8. The Morgan fingerprint density at radius 3 is 2.34 bits per heavy atom. The van der Waals surface area contributed by atoms with Crippen LogP contribution >= 0.6 is 11.6 Å². The number of sulfone groups is 1. The zero-order valence-electron chi connectivity index (χ0n) is 15.6. The molecule has 6 nitrogen and oxygen atoms in total. The Hall–Kier alpha value is -2.52. The maximum atomic E-state index is 13.8. The van der Waals surface area contributed by atoms with Gasteiger partial charge in [-0.1, -0.05) is 17.7 Å². The maximum absolute atomic E-state index is 13.8. The molecule has 29 heavy (non-hydrogen) atoms. The minimum absolute atomic E-state index is 0.101. The van der Waals surface area contributed by atoms with Crippen LogP contribution < -0.4 is 0 Å². The lowest BCUT2D eigenvalue weighted by Gasteiger charge is -2.19. The molecule has 0 spiro atoms. The molecule has 2 aromatic carbocycles. The van der Waals surface area contributed by atoms with Crippen LogP contribution in [0.25, 0.3) is 0 Å². The predicted molar refractivity (Wildman–Crippen MR) is 102 cm³/mol.